The van der Waals surface area contributed by atoms with Gasteiger partial charge in [-0.05, 0) is 38.2 Å². The van der Waals surface area contributed by atoms with Crippen molar-refractivity contribution < 1.29 is 9.59 Å². The third-order valence-corrected chi connectivity index (χ3v) is 5.14. The van der Waals surface area contributed by atoms with Crippen LogP contribution in [0, 0.1) is 0 Å². The topological polar surface area (TPSA) is 55.9 Å². The van der Waals surface area contributed by atoms with E-state index in [-0.39, 0.29) is 17.7 Å². The van der Waals surface area contributed by atoms with Gasteiger partial charge in [-0.1, -0.05) is 12.1 Å². The van der Waals surface area contributed by atoms with Crippen LogP contribution in [0.4, 0.5) is 5.69 Å². The molecule has 136 valence electrons. The van der Waals surface area contributed by atoms with Crippen molar-refractivity contribution in [2.45, 2.75) is 18.8 Å². The average Bonchev–Trinajstić information content (AvgIpc) is 2.61. The van der Waals surface area contributed by atoms with Crippen molar-refractivity contribution in [3.05, 3.63) is 29.8 Å². The standard InChI is InChI=1S/C19H28N4O2/c1-21(2)9-10-22-11-13-23(14-12-22)16-5-3-15(4-6-16)17-7-8-18(24)20-19(17)25/h3-6,17H,7-14H2,1-2H3,(H,20,24,25). The lowest BCUT2D eigenvalue weighted by atomic mass is 9.90. The fourth-order valence-electron chi connectivity index (χ4n) is 3.50. The average molecular weight is 344 g/mol. The molecule has 1 aromatic carbocycles. The second kappa shape index (κ2) is 7.97. The zero-order valence-corrected chi connectivity index (χ0v) is 15.2. The normalized spacial score (nSPS) is 22.4. The molecule has 0 aliphatic carbocycles. The molecule has 0 saturated carbocycles. The molecule has 25 heavy (non-hydrogen) atoms. The number of piperazine rings is 1. The summed E-state index contributed by atoms with van der Waals surface area (Å²) in [7, 11) is 4.22. The van der Waals surface area contributed by atoms with E-state index in [0.717, 1.165) is 44.8 Å². The van der Waals surface area contributed by atoms with E-state index in [1.807, 2.05) is 12.1 Å². The number of rotatable bonds is 5. The highest BCUT2D eigenvalue weighted by Gasteiger charge is 2.28. The second-order valence-electron chi connectivity index (χ2n) is 7.23. The quantitative estimate of drug-likeness (QED) is 0.804. The third kappa shape index (κ3) is 4.58. The number of amides is 2. The predicted molar refractivity (Wildman–Crippen MR) is 98.8 cm³/mol. The summed E-state index contributed by atoms with van der Waals surface area (Å²) in [6.45, 7) is 6.46. The van der Waals surface area contributed by atoms with Crippen LogP contribution >= 0.6 is 0 Å². The van der Waals surface area contributed by atoms with Crippen LogP contribution in [0.2, 0.25) is 0 Å². The summed E-state index contributed by atoms with van der Waals surface area (Å²) >= 11 is 0. The molecule has 2 heterocycles. The molecule has 0 spiro atoms. The van der Waals surface area contributed by atoms with Gasteiger partial charge in [-0.25, -0.2) is 0 Å². The highest BCUT2D eigenvalue weighted by molar-refractivity contribution is 6.00. The lowest BCUT2D eigenvalue weighted by molar-refractivity contribution is -0.134. The molecule has 3 rings (SSSR count). The first-order chi connectivity index (χ1) is 12.0. The largest absolute Gasteiger partial charge is 0.369 e. The van der Waals surface area contributed by atoms with Gasteiger partial charge >= 0.3 is 0 Å². The number of imide groups is 1. The van der Waals surface area contributed by atoms with Gasteiger partial charge in [0.15, 0.2) is 0 Å². The van der Waals surface area contributed by atoms with Crippen LogP contribution in [-0.2, 0) is 9.59 Å². The molecule has 2 aliphatic heterocycles. The van der Waals surface area contributed by atoms with Crippen molar-refractivity contribution in [2.24, 2.45) is 0 Å². The fraction of sp³-hybridized carbons (Fsp3) is 0.579. The number of likely N-dealkylation sites (N-methyl/N-ethyl adjacent to an activating group) is 1. The third-order valence-electron chi connectivity index (χ3n) is 5.14. The van der Waals surface area contributed by atoms with Crippen LogP contribution in [0.5, 0.6) is 0 Å². The zero-order chi connectivity index (χ0) is 17.8. The van der Waals surface area contributed by atoms with Crippen molar-refractivity contribution >= 4 is 17.5 Å². The van der Waals surface area contributed by atoms with E-state index < -0.39 is 0 Å². The molecule has 6 nitrogen and oxygen atoms in total. The zero-order valence-electron chi connectivity index (χ0n) is 15.2. The molecule has 6 heteroatoms. The summed E-state index contributed by atoms with van der Waals surface area (Å²) in [5.74, 6) is -0.529. The summed E-state index contributed by atoms with van der Waals surface area (Å²) in [5, 5.41) is 2.43. The molecular formula is C19H28N4O2. The maximum absolute atomic E-state index is 12.0. The Morgan fingerprint density at radius 3 is 2.36 bits per heavy atom. The molecule has 1 aromatic rings. The number of piperidine rings is 1. The summed E-state index contributed by atoms with van der Waals surface area (Å²) in [5.41, 5.74) is 2.21. The molecular weight excluding hydrogens is 316 g/mol. The van der Waals surface area contributed by atoms with E-state index in [4.69, 9.17) is 0 Å². The maximum Gasteiger partial charge on any atom is 0.234 e. The molecule has 2 aliphatic rings. The minimum absolute atomic E-state index is 0.162. The van der Waals surface area contributed by atoms with Gasteiger partial charge in [-0.2, -0.15) is 0 Å². The highest BCUT2D eigenvalue weighted by Crippen LogP contribution is 2.27. The Bertz CT molecular complexity index is 606. The summed E-state index contributed by atoms with van der Waals surface area (Å²) in [6, 6.07) is 8.28. The van der Waals surface area contributed by atoms with Gasteiger partial charge in [0, 0.05) is 51.4 Å². The number of hydrogen-bond donors (Lipinski definition) is 1. The molecule has 2 amide bonds. The van der Waals surface area contributed by atoms with E-state index in [1.165, 1.54) is 5.69 Å². The van der Waals surface area contributed by atoms with E-state index in [2.05, 4.69) is 46.2 Å². The van der Waals surface area contributed by atoms with E-state index >= 15 is 0 Å². The van der Waals surface area contributed by atoms with E-state index in [9.17, 15) is 9.59 Å². The smallest absolute Gasteiger partial charge is 0.234 e. The molecule has 0 radical (unpaired) electrons. The molecule has 0 aromatic heterocycles. The van der Waals surface area contributed by atoms with Crippen LogP contribution in [-0.4, -0.2) is 75.0 Å². The Morgan fingerprint density at radius 1 is 1.08 bits per heavy atom. The number of carbonyl (C=O) groups is 2. The fourth-order valence-corrected chi connectivity index (χ4v) is 3.50. The molecule has 1 unspecified atom stereocenters. The van der Waals surface area contributed by atoms with Gasteiger partial charge in [0.05, 0.1) is 5.92 Å². The summed E-state index contributed by atoms with van der Waals surface area (Å²) in [6.07, 6.45) is 1.03. The number of nitrogens with one attached hydrogen (secondary N) is 1. The van der Waals surface area contributed by atoms with Gasteiger partial charge in [-0.15, -0.1) is 0 Å². The maximum atomic E-state index is 12.0. The first-order valence-corrected chi connectivity index (χ1v) is 9.08. The minimum Gasteiger partial charge on any atom is -0.369 e. The van der Waals surface area contributed by atoms with Gasteiger partial charge in [0.25, 0.3) is 0 Å². The monoisotopic (exact) mass is 344 g/mol. The van der Waals surface area contributed by atoms with Gasteiger partial charge in [0.1, 0.15) is 0 Å². The van der Waals surface area contributed by atoms with Crippen molar-refractivity contribution in [3.63, 3.8) is 0 Å². The highest BCUT2D eigenvalue weighted by atomic mass is 16.2. The number of nitrogens with zero attached hydrogens (tertiary/aromatic N) is 3. The number of hydrogen-bond acceptors (Lipinski definition) is 5. The van der Waals surface area contributed by atoms with Crippen molar-refractivity contribution in [1.82, 2.24) is 15.1 Å². The minimum atomic E-state index is -0.199. The molecule has 2 saturated heterocycles. The second-order valence-corrected chi connectivity index (χ2v) is 7.23. The van der Waals surface area contributed by atoms with Crippen molar-refractivity contribution in [1.29, 1.82) is 0 Å². The molecule has 2 fully saturated rings. The van der Waals surface area contributed by atoms with Crippen LogP contribution in [0.25, 0.3) is 0 Å². The molecule has 1 N–H and O–H groups in total. The summed E-state index contributed by atoms with van der Waals surface area (Å²) < 4.78 is 0. The number of anilines is 1. The van der Waals surface area contributed by atoms with E-state index in [1.54, 1.807) is 0 Å². The number of benzene rings is 1. The first-order valence-electron chi connectivity index (χ1n) is 9.08. The number of carbonyl (C=O) groups excluding carboxylic acids is 2. The Morgan fingerprint density at radius 2 is 1.76 bits per heavy atom. The van der Waals surface area contributed by atoms with Gasteiger partial charge in [-0.3, -0.25) is 19.8 Å². The lowest BCUT2D eigenvalue weighted by Crippen LogP contribution is -2.48. The SMILES string of the molecule is CN(C)CCN1CCN(c2ccc(C3CCC(=O)NC3=O)cc2)CC1. The Kier molecular flexibility index (Phi) is 5.71. The Labute approximate surface area is 149 Å². The van der Waals surface area contributed by atoms with Crippen LogP contribution < -0.4 is 10.2 Å². The van der Waals surface area contributed by atoms with Crippen LogP contribution in [0.1, 0.15) is 24.3 Å². The van der Waals surface area contributed by atoms with Crippen molar-refractivity contribution in [3.8, 4) is 0 Å². The van der Waals surface area contributed by atoms with Gasteiger partial charge in [0.2, 0.25) is 11.8 Å². The van der Waals surface area contributed by atoms with Crippen LogP contribution in [0.3, 0.4) is 0 Å². The lowest BCUT2D eigenvalue weighted by Gasteiger charge is -2.36. The molecule has 1 atom stereocenters. The van der Waals surface area contributed by atoms with Gasteiger partial charge < -0.3 is 9.80 Å². The van der Waals surface area contributed by atoms with Crippen LogP contribution in [0.15, 0.2) is 24.3 Å². The predicted octanol–water partition coefficient (Wildman–Crippen LogP) is 0.890. The van der Waals surface area contributed by atoms with E-state index in [0.29, 0.717) is 12.8 Å². The van der Waals surface area contributed by atoms with Crippen molar-refractivity contribution in [2.75, 3.05) is 58.3 Å². The summed E-state index contributed by atoms with van der Waals surface area (Å²) in [4.78, 5) is 30.4. The Hall–Kier alpha value is -1.92. The Balaban J connectivity index is 1.55. The first kappa shape index (κ1) is 17.9. The molecule has 0 bridgehead atoms.